The number of para-hydroxylation sites is 1. The van der Waals surface area contributed by atoms with Gasteiger partial charge in [-0.25, -0.2) is 0 Å². The summed E-state index contributed by atoms with van der Waals surface area (Å²) in [6.45, 7) is 7.56. The minimum Gasteiger partial charge on any atom is -0.489 e. The molecule has 3 heterocycles. The molecule has 0 bridgehead atoms. The predicted molar refractivity (Wildman–Crippen MR) is 167 cm³/mol. The maximum Gasteiger partial charge on any atom is 0.251 e. The lowest BCUT2D eigenvalue weighted by atomic mass is 9.86. The summed E-state index contributed by atoms with van der Waals surface area (Å²) in [5, 5.41) is 10.4. The minimum absolute atomic E-state index is 0.0896. The number of aryl methyl sites for hydroxylation is 1. The smallest absolute Gasteiger partial charge is 0.251 e. The lowest BCUT2D eigenvalue weighted by Crippen LogP contribution is -2.55. The molecule has 1 aliphatic carbocycles. The number of likely N-dealkylation sites (tertiary alicyclic amines) is 1. The summed E-state index contributed by atoms with van der Waals surface area (Å²) in [5.41, 5.74) is 6.48. The molecule has 1 saturated heterocycles. The van der Waals surface area contributed by atoms with Crippen molar-refractivity contribution in [3.8, 4) is 5.75 Å². The van der Waals surface area contributed by atoms with Crippen LogP contribution in [-0.2, 0) is 11.4 Å². The highest BCUT2D eigenvalue weighted by Crippen LogP contribution is 2.33. The third-order valence-corrected chi connectivity index (χ3v) is 9.41. The van der Waals surface area contributed by atoms with Gasteiger partial charge in [0.2, 0.25) is 5.91 Å². The maximum absolute atomic E-state index is 13.4. The molecular weight excluding hydrogens is 546 g/mol. The van der Waals surface area contributed by atoms with Gasteiger partial charge in [0.15, 0.2) is 0 Å². The lowest BCUT2D eigenvalue weighted by Gasteiger charge is -2.40. The highest BCUT2D eigenvalue weighted by Gasteiger charge is 2.39. The molecule has 6 rings (SSSR count). The summed E-state index contributed by atoms with van der Waals surface area (Å²) in [6, 6.07) is 17.2. The van der Waals surface area contributed by atoms with Gasteiger partial charge in [-0.2, -0.15) is 5.10 Å². The summed E-state index contributed by atoms with van der Waals surface area (Å²) in [7, 11) is 0. The van der Waals surface area contributed by atoms with Gasteiger partial charge in [-0.05, 0) is 62.6 Å². The third kappa shape index (κ3) is 6.31. The summed E-state index contributed by atoms with van der Waals surface area (Å²) in [5.74, 6) is 0.839. The standard InChI is InChI=1S/C33H37N5O3S/c1-21-18-25(27-10-6-7-11-29(27)34-21)20-41-26-14-12-23(13-15-26)31(39)35-30-16-17-38(33(40)24-8-4-3-5-9-24)19-28(30)32-37-36-22(2)42-32/h6-7,10-15,18,24,28,30,36H,2-5,8-9,16-17,19-20H2,1H3,(H,35,39). The molecule has 9 heteroatoms. The third-order valence-electron chi connectivity index (χ3n) is 8.47. The van der Waals surface area contributed by atoms with Crippen molar-refractivity contribution in [1.82, 2.24) is 20.6 Å². The van der Waals surface area contributed by atoms with Crippen LogP contribution in [0.15, 0.2) is 71.3 Å². The van der Waals surface area contributed by atoms with Crippen LogP contribution in [-0.4, -0.2) is 45.9 Å². The summed E-state index contributed by atoms with van der Waals surface area (Å²) < 4.78 is 6.09. The quantitative estimate of drug-likeness (QED) is 0.367. The number of amides is 2. The Hall–Kier alpha value is -3.85. The van der Waals surface area contributed by atoms with Gasteiger partial charge in [-0.3, -0.25) is 20.0 Å². The number of carbonyl (C=O) groups is 2. The molecule has 218 valence electrons. The van der Waals surface area contributed by atoms with Crippen LogP contribution in [0.4, 0.5) is 0 Å². The molecule has 3 aliphatic rings. The van der Waals surface area contributed by atoms with Crippen molar-refractivity contribution in [3.05, 3.63) is 83.0 Å². The molecular formula is C33H37N5O3S. The van der Waals surface area contributed by atoms with Gasteiger partial charge in [0.1, 0.15) is 17.4 Å². The number of hydrogen-bond acceptors (Lipinski definition) is 7. The molecule has 8 nitrogen and oxygen atoms in total. The first kappa shape index (κ1) is 28.3. The number of nitrogens with zero attached hydrogens (tertiary/aromatic N) is 3. The normalized spacial score (nSPS) is 21.1. The van der Waals surface area contributed by atoms with Crippen molar-refractivity contribution in [2.24, 2.45) is 16.9 Å². The maximum atomic E-state index is 13.4. The molecule has 1 saturated carbocycles. The van der Waals surface area contributed by atoms with E-state index in [0.29, 0.717) is 37.4 Å². The van der Waals surface area contributed by atoms with Crippen molar-refractivity contribution < 1.29 is 14.3 Å². The molecule has 2 aromatic carbocycles. The van der Waals surface area contributed by atoms with Gasteiger partial charge in [-0.1, -0.05) is 55.8 Å². The number of ether oxygens (including phenoxy) is 1. The van der Waals surface area contributed by atoms with Gasteiger partial charge < -0.3 is 15.0 Å². The topological polar surface area (TPSA) is 95.9 Å². The number of benzene rings is 2. The van der Waals surface area contributed by atoms with Crippen molar-refractivity contribution >= 4 is 39.5 Å². The largest absolute Gasteiger partial charge is 0.489 e. The van der Waals surface area contributed by atoms with E-state index in [0.717, 1.165) is 57.9 Å². The Kier molecular flexibility index (Phi) is 8.46. The molecule has 2 atom stereocenters. The minimum atomic E-state index is -0.144. The van der Waals surface area contributed by atoms with Crippen LogP contribution in [0, 0.1) is 18.8 Å². The van der Waals surface area contributed by atoms with Crippen LogP contribution in [0.1, 0.15) is 60.1 Å². The van der Waals surface area contributed by atoms with Crippen molar-refractivity contribution in [2.75, 3.05) is 13.1 Å². The van der Waals surface area contributed by atoms with E-state index in [2.05, 4.69) is 33.5 Å². The number of pyridine rings is 1. The van der Waals surface area contributed by atoms with Crippen LogP contribution in [0.3, 0.4) is 0 Å². The zero-order valence-electron chi connectivity index (χ0n) is 24.0. The molecule has 0 radical (unpaired) electrons. The number of carbonyl (C=O) groups excluding carboxylic acids is 2. The SMILES string of the molecule is C=C1NN=C(C2CN(C(=O)C3CCCCC3)CCC2NC(=O)c2ccc(OCc3cc(C)nc4ccccc34)cc2)S1. The Balaban J connectivity index is 1.10. The fourth-order valence-electron chi connectivity index (χ4n) is 6.26. The van der Waals surface area contributed by atoms with Crippen molar-refractivity contribution in [2.45, 2.75) is 58.1 Å². The van der Waals surface area contributed by atoms with Gasteiger partial charge in [0.25, 0.3) is 5.91 Å². The fourth-order valence-corrected chi connectivity index (χ4v) is 7.09. The van der Waals surface area contributed by atoms with E-state index >= 15 is 0 Å². The van der Waals surface area contributed by atoms with Gasteiger partial charge in [0.05, 0.1) is 10.5 Å². The van der Waals surface area contributed by atoms with Gasteiger partial charge in [-0.15, -0.1) is 0 Å². The second-order valence-corrected chi connectivity index (χ2v) is 12.5. The average molecular weight is 584 g/mol. The molecule has 0 spiro atoms. The molecule has 2 unspecified atom stereocenters. The first-order valence-electron chi connectivity index (χ1n) is 14.8. The Labute approximate surface area is 251 Å². The Bertz CT molecular complexity index is 1520. The second-order valence-electron chi connectivity index (χ2n) is 11.4. The Morgan fingerprint density at radius 1 is 1.10 bits per heavy atom. The monoisotopic (exact) mass is 583 g/mol. The second kappa shape index (κ2) is 12.6. The molecule has 42 heavy (non-hydrogen) atoms. The zero-order valence-corrected chi connectivity index (χ0v) is 24.8. The first-order chi connectivity index (χ1) is 20.4. The fraction of sp³-hybridized carbons (Fsp3) is 0.394. The number of rotatable bonds is 7. The van der Waals surface area contributed by atoms with Crippen LogP contribution in [0.2, 0.25) is 0 Å². The number of aromatic nitrogens is 1. The number of fused-ring (bicyclic) bond motifs is 1. The van der Waals surface area contributed by atoms with E-state index in [9.17, 15) is 9.59 Å². The van der Waals surface area contributed by atoms with Crippen LogP contribution >= 0.6 is 11.8 Å². The van der Waals surface area contributed by atoms with E-state index in [1.54, 1.807) is 12.1 Å². The van der Waals surface area contributed by atoms with Crippen LogP contribution in [0.25, 0.3) is 10.9 Å². The number of hydrazone groups is 1. The first-order valence-corrected chi connectivity index (χ1v) is 15.6. The number of nitrogens with one attached hydrogen (secondary N) is 2. The zero-order chi connectivity index (χ0) is 29.1. The Morgan fingerprint density at radius 3 is 2.64 bits per heavy atom. The van der Waals surface area contributed by atoms with Gasteiger partial charge >= 0.3 is 0 Å². The van der Waals surface area contributed by atoms with E-state index < -0.39 is 0 Å². The van der Waals surface area contributed by atoms with Crippen LogP contribution in [0.5, 0.6) is 5.75 Å². The summed E-state index contributed by atoms with van der Waals surface area (Å²) in [6.07, 6.45) is 6.11. The Morgan fingerprint density at radius 2 is 1.88 bits per heavy atom. The van der Waals surface area contributed by atoms with E-state index in [1.165, 1.54) is 18.2 Å². The van der Waals surface area contributed by atoms with E-state index in [-0.39, 0.29) is 29.7 Å². The summed E-state index contributed by atoms with van der Waals surface area (Å²) in [4.78, 5) is 33.3. The van der Waals surface area contributed by atoms with Gasteiger partial charge in [0, 0.05) is 53.2 Å². The average Bonchev–Trinajstić information content (AvgIpc) is 3.46. The summed E-state index contributed by atoms with van der Waals surface area (Å²) >= 11 is 1.49. The highest BCUT2D eigenvalue weighted by atomic mass is 32.2. The number of hydrogen-bond donors (Lipinski definition) is 2. The molecule has 2 fully saturated rings. The number of piperidine rings is 1. The molecule has 3 aromatic rings. The highest BCUT2D eigenvalue weighted by molar-refractivity contribution is 8.17. The number of thioether (sulfide) groups is 1. The molecule has 2 aliphatic heterocycles. The van der Waals surface area contributed by atoms with E-state index in [4.69, 9.17) is 4.74 Å². The van der Waals surface area contributed by atoms with E-state index in [1.807, 2.05) is 48.2 Å². The molecule has 2 N–H and O–H groups in total. The predicted octanol–water partition coefficient (Wildman–Crippen LogP) is 5.77. The lowest BCUT2D eigenvalue weighted by molar-refractivity contribution is -0.138. The van der Waals surface area contributed by atoms with Crippen LogP contribution < -0.4 is 15.5 Å². The molecule has 1 aromatic heterocycles. The van der Waals surface area contributed by atoms with Crippen molar-refractivity contribution in [1.29, 1.82) is 0 Å². The van der Waals surface area contributed by atoms with Crippen molar-refractivity contribution in [3.63, 3.8) is 0 Å². The molecule has 2 amide bonds.